The Morgan fingerprint density at radius 2 is 1.07 bits per heavy atom. The van der Waals surface area contributed by atoms with Crippen molar-refractivity contribution in [1.82, 2.24) is 0 Å². The molecule has 3 aromatic rings. The lowest BCUT2D eigenvalue weighted by Gasteiger charge is -2.15. The van der Waals surface area contributed by atoms with Crippen molar-refractivity contribution in [1.29, 1.82) is 0 Å². The molecule has 0 aliphatic rings. The standard InChI is InChI=1S/C24H20O5/c25-22(24(27)29-17-19-12-6-2-7-13-19)21(20-14-8-3-9-15-20)23(26)28-16-18-10-4-1-5-11-18/h1-15,21H,16-17H2. The normalized spacial score (nSPS) is 11.3. The van der Waals surface area contributed by atoms with Gasteiger partial charge in [0.25, 0.3) is 5.78 Å². The second-order valence-corrected chi connectivity index (χ2v) is 6.36. The van der Waals surface area contributed by atoms with Crippen LogP contribution in [0.2, 0.25) is 0 Å². The summed E-state index contributed by atoms with van der Waals surface area (Å²) >= 11 is 0. The molecule has 1 unspecified atom stereocenters. The Hall–Kier alpha value is -3.73. The summed E-state index contributed by atoms with van der Waals surface area (Å²) in [7, 11) is 0. The minimum Gasteiger partial charge on any atom is -0.460 e. The largest absolute Gasteiger partial charge is 0.460 e. The summed E-state index contributed by atoms with van der Waals surface area (Å²) in [5, 5.41) is 0. The molecule has 0 saturated carbocycles. The van der Waals surface area contributed by atoms with E-state index < -0.39 is 23.6 Å². The first kappa shape index (κ1) is 20.0. The minimum absolute atomic E-state index is 0.00928. The molecule has 0 heterocycles. The summed E-state index contributed by atoms with van der Waals surface area (Å²) in [6.07, 6.45) is 0. The van der Waals surface area contributed by atoms with Crippen molar-refractivity contribution in [2.45, 2.75) is 19.1 Å². The Bertz CT molecular complexity index is 952. The van der Waals surface area contributed by atoms with Gasteiger partial charge in [-0.05, 0) is 16.7 Å². The highest BCUT2D eigenvalue weighted by atomic mass is 16.5. The highest BCUT2D eigenvalue weighted by Gasteiger charge is 2.35. The van der Waals surface area contributed by atoms with Crippen molar-refractivity contribution < 1.29 is 23.9 Å². The van der Waals surface area contributed by atoms with Gasteiger partial charge in [0.2, 0.25) is 0 Å². The first-order chi connectivity index (χ1) is 14.1. The quantitative estimate of drug-likeness (QED) is 0.333. The summed E-state index contributed by atoms with van der Waals surface area (Å²) in [5.74, 6) is -4.19. The molecular formula is C24H20O5. The third-order valence-electron chi connectivity index (χ3n) is 4.27. The van der Waals surface area contributed by atoms with Gasteiger partial charge < -0.3 is 9.47 Å². The maximum Gasteiger partial charge on any atom is 0.376 e. The van der Waals surface area contributed by atoms with Gasteiger partial charge in [-0.15, -0.1) is 0 Å². The van der Waals surface area contributed by atoms with Gasteiger partial charge in [-0.3, -0.25) is 9.59 Å². The number of carbonyl (C=O) groups is 3. The number of carbonyl (C=O) groups excluding carboxylic acids is 3. The molecule has 0 bridgehead atoms. The lowest BCUT2D eigenvalue weighted by molar-refractivity contribution is -0.160. The van der Waals surface area contributed by atoms with E-state index >= 15 is 0 Å². The van der Waals surface area contributed by atoms with Crippen LogP contribution in [0, 0.1) is 0 Å². The molecule has 0 N–H and O–H groups in total. The third kappa shape index (κ3) is 5.62. The van der Waals surface area contributed by atoms with Crippen molar-refractivity contribution in [3.8, 4) is 0 Å². The molecule has 0 radical (unpaired) electrons. The highest BCUT2D eigenvalue weighted by molar-refractivity contribution is 6.39. The first-order valence-electron chi connectivity index (χ1n) is 9.15. The van der Waals surface area contributed by atoms with Crippen molar-refractivity contribution >= 4 is 17.7 Å². The van der Waals surface area contributed by atoms with Gasteiger partial charge in [-0.1, -0.05) is 91.0 Å². The van der Waals surface area contributed by atoms with E-state index in [4.69, 9.17) is 9.47 Å². The van der Waals surface area contributed by atoms with Crippen LogP contribution in [-0.2, 0) is 37.1 Å². The van der Waals surface area contributed by atoms with Crippen molar-refractivity contribution in [2.75, 3.05) is 0 Å². The number of ketones is 1. The minimum atomic E-state index is -1.37. The molecule has 5 nitrogen and oxygen atoms in total. The molecule has 5 heteroatoms. The van der Waals surface area contributed by atoms with Gasteiger partial charge in [0, 0.05) is 0 Å². The molecule has 0 spiro atoms. The fourth-order valence-electron chi connectivity index (χ4n) is 2.76. The van der Waals surface area contributed by atoms with E-state index in [1.54, 1.807) is 66.7 Å². The van der Waals surface area contributed by atoms with E-state index in [1.165, 1.54) is 0 Å². The Kier molecular flexibility index (Phi) is 6.90. The molecule has 0 saturated heterocycles. The summed E-state index contributed by atoms with van der Waals surface area (Å²) in [5.41, 5.74) is 1.91. The SMILES string of the molecule is O=C(OCc1ccccc1)C(=O)C(C(=O)OCc1ccccc1)c1ccccc1. The van der Waals surface area contributed by atoms with E-state index in [9.17, 15) is 14.4 Å². The monoisotopic (exact) mass is 388 g/mol. The van der Waals surface area contributed by atoms with Gasteiger partial charge >= 0.3 is 11.9 Å². The van der Waals surface area contributed by atoms with Gasteiger partial charge in [0.1, 0.15) is 13.2 Å². The molecule has 3 rings (SSSR count). The van der Waals surface area contributed by atoms with E-state index in [1.807, 2.05) is 24.3 Å². The fraction of sp³-hybridized carbons (Fsp3) is 0.125. The first-order valence-corrected chi connectivity index (χ1v) is 9.15. The lowest BCUT2D eigenvalue weighted by atomic mass is 9.94. The molecular weight excluding hydrogens is 368 g/mol. The second kappa shape index (κ2) is 9.99. The summed E-state index contributed by atoms with van der Waals surface area (Å²) in [6, 6.07) is 26.5. The van der Waals surface area contributed by atoms with Gasteiger partial charge in [-0.25, -0.2) is 4.79 Å². The van der Waals surface area contributed by atoms with Crippen LogP contribution in [-0.4, -0.2) is 17.7 Å². The van der Waals surface area contributed by atoms with E-state index in [0.29, 0.717) is 5.56 Å². The van der Waals surface area contributed by atoms with Crippen molar-refractivity contribution in [3.63, 3.8) is 0 Å². The zero-order valence-electron chi connectivity index (χ0n) is 15.7. The molecule has 0 amide bonds. The number of rotatable bonds is 8. The number of esters is 2. The molecule has 1 atom stereocenters. The maximum atomic E-state index is 12.7. The Morgan fingerprint density at radius 3 is 1.59 bits per heavy atom. The van der Waals surface area contributed by atoms with E-state index in [-0.39, 0.29) is 13.2 Å². The number of benzene rings is 3. The van der Waals surface area contributed by atoms with Crippen LogP contribution in [0.25, 0.3) is 0 Å². The van der Waals surface area contributed by atoms with Crippen LogP contribution in [0.4, 0.5) is 0 Å². The van der Waals surface area contributed by atoms with Crippen LogP contribution in [0.3, 0.4) is 0 Å². The smallest absolute Gasteiger partial charge is 0.376 e. The topological polar surface area (TPSA) is 69.7 Å². The molecule has 0 aliphatic heterocycles. The summed E-state index contributed by atoms with van der Waals surface area (Å²) in [4.78, 5) is 37.8. The second-order valence-electron chi connectivity index (χ2n) is 6.36. The Morgan fingerprint density at radius 1 is 0.621 bits per heavy atom. The predicted octanol–water partition coefficient (Wildman–Crippen LogP) is 3.83. The Balaban J connectivity index is 1.71. The molecule has 3 aromatic carbocycles. The molecule has 0 aromatic heterocycles. The van der Waals surface area contributed by atoms with Gasteiger partial charge in [-0.2, -0.15) is 0 Å². The average molecular weight is 388 g/mol. The molecule has 0 fully saturated rings. The molecule has 146 valence electrons. The third-order valence-corrected chi connectivity index (χ3v) is 4.27. The highest BCUT2D eigenvalue weighted by Crippen LogP contribution is 2.20. The Labute approximate surface area is 168 Å². The summed E-state index contributed by atoms with van der Waals surface area (Å²) < 4.78 is 10.4. The van der Waals surface area contributed by atoms with Gasteiger partial charge in [0.15, 0.2) is 5.92 Å². The fourth-order valence-corrected chi connectivity index (χ4v) is 2.76. The lowest BCUT2D eigenvalue weighted by Crippen LogP contribution is -2.31. The maximum absolute atomic E-state index is 12.7. The van der Waals surface area contributed by atoms with Gasteiger partial charge in [0.05, 0.1) is 0 Å². The van der Waals surface area contributed by atoms with E-state index in [0.717, 1.165) is 11.1 Å². The number of Topliss-reactive ketones (excluding diaryl/α,β-unsaturated/α-hetero) is 1. The zero-order valence-corrected chi connectivity index (χ0v) is 15.7. The number of hydrogen-bond donors (Lipinski definition) is 0. The number of ether oxygens (including phenoxy) is 2. The van der Waals surface area contributed by atoms with Crippen LogP contribution in [0.5, 0.6) is 0 Å². The summed E-state index contributed by atoms with van der Waals surface area (Å²) in [6.45, 7) is -0.0403. The number of hydrogen-bond acceptors (Lipinski definition) is 5. The molecule has 0 aliphatic carbocycles. The zero-order chi connectivity index (χ0) is 20.5. The molecule has 29 heavy (non-hydrogen) atoms. The van der Waals surface area contributed by atoms with E-state index in [2.05, 4.69) is 0 Å². The predicted molar refractivity (Wildman–Crippen MR) is 107 cm³/mol. The van der Waals surface area contributed by atoms with Crippen LogP contribution < -0.4 is 0 Å². The van der Waals surface area contributed by atoms with Crippen LogP contribution in [0.15, 0.2) is 91.0 Å². The van der Waals surface area contributed by atoms with Crippen molar-refractivity contribution in [3.05, 3.63) is 108 Å². The van der Waals surface area contributed by atoms with Crippen LogP contribution >= 0.6 is 0 Å². The van der Waals surface area contributed by atoms with Crippen molar-refractivity contribution in [2.24, 2.45) is 0 Å². The van der Waals surface area contributed by atoms with Crippen LogP contribution in [0.1, 0.15) is 22.6 Å². The average Bonchev–Trinajstić information content (AvgIpc) is 2.78.